The Balaban J connectivity index is 2.71. The van der Waals surface area contributed by atoms with Gasteiger partial charge in [-0.1, -0.05) is 23.7 Å². The average molecular weight is 242 g/mol. The van der Waals surface area contributed by atoms with E-state index in [1.165, 1.54) is 6.92 Å². The van der Waals surface area contributed by atoms with Gasteiger partial charge in [-0.05, 0) is 17.7 Å². The van der Waals surface area contributed by atoms with Gasteiger partial charge in [0.05, 0.1) is 0 Å². The Labute approximate surface area is 98.2 Å². The van der Waals surface area contributed by atoms with Gasteiger partial charge in [-0.2, -0.15) is 0 Å². The van der Waals surface area contributed by atoms with Crippen molar-refractivity contribution < 1.29 is 14.7 Å². The number of rotatable bonds is 4. The maximum Gasteiger partial charge on any atom is 0.326 e. The normalized spacial score (nSPS) is 11.9. The van der Waals surface area contributed by atoms with Crippen LogP contribution in [0.15, 0.2) is 24.3 Å². The lowest BCUT2D eigenvalue weighted by molar-refractivity contribution is -0.141. The molecule has 1 atom stereocenters. The zero-order chi connectivity index (χ0) is 12.1. The Morgan fingerprint density at radius 1 is 1.38 bits per heavy atom. The number of halogens is 1. The van der Waals surface area contributed by atoms with Gasteiger partial charge in [0.2, 0.25) is 5.91 Å². The van der Waals surface area contributed by atoms with Crippen molar-refractivity contribution in [1.82, 2.24) is 5.32 Å². The number of aliphatic carboxylic acids is 1. The summed E-state index contributed by atoms with van der Waals surface area (Å²) in [4.78, 5) is 21.7. The molecule has 5 heteroatoms. The zero-order valence-corrected chi connectivity index (χ0v) is 9.49. The van der Waals surface area contributed by atoms with Crippen LogP contribution in [0.4, 0.5) is 0 Å². The third-order valence-electron chi connectivity index (χ3n) is 2.03. The van der Waals surface area contributed by atoms with Gasteiger partial charge < -0.3 is 10.4 Å². The molecule has 0 aliphatic carbocycles. The number of hydrogen-bond acceptors (Lipinski definition) is 2. The van der Waals surface area contributed by atoms with Gasteiger partial charge in [0.1, 0.15) is 6.04 Å². The summed E-state index contributed by atoms with van der Waals surface area (Å²) < 4.78 is 0. The van der Waals surface area contributed by atoms with E-state index >= 15 is 0 Å². The molecule has 1 aromatic carbocycles. The predicted molar refractivity (Wildman–Crippen MR) is 60.4 cm³/mol. The van der Waals surface area contributed by atoms with Crippen LogP contribution in [0.5, 0.6) is 0 Å². The van der Waals surface area contributed by atoms with E-state index in [0.717, 1.165) is 5.56 Å². The number of amides is 1. The Bertz CT molecular complexity index is 389. The van der Waals surface area contributed by atoms with Crippen LogP contribution < -0.4 is 5.32 Å². The monoisotopic (exact) mass is 241 g/mol. The molecule has 0 fully saturated rings. The molecule has 0 saturated carbocycles. The first-order valence-corrected chi connectivity index (χ1v) is 5.11. The standard InChI is InChI=1S/C11H12ClNO3/c1-7(14)13-10(11(15)16)6-8-2-4-9(12)5-3-8/h2-5,10H,6H2,1H3,(H,13,14)(H,15,16)/t10-/m1/s1. The van der Waals surface area contributed by atoms with E-state index < -0.39 is 12.0 Å². The molecule has 1 rings (SSSR count). The van der Waals surface area contributed by atoms with Crippen LogP contribution in [0.1, 0.15) is 12.5 Å². The van der Waals surface area contributed by atoms with Crippen LogP contribution >= 0.6 is 11.6 Å². The summed E-state index contributed by atoms with van der Waals surface area (Å²) in [6, 6.07) is 5.94. The highest BCUT2D eigenvalue weighted by Crippen LogP contribution is 2.11. The van der Waals surface area contributed by atoms with Crippen molar-refractivity contribution in [2.45, 2.75) is 19.4 Å². The minimum absolute atomic E-state index is 0.242. The van der Waals surface area contributed by atoms with Gasteiger partial charge in [-0.15, -0.1) is 0 Å². The molecule has 0 heterocycles. The van der Waals surface area contributed by atoms with E-state index in [0.29, 0.717) is 5.02 Å². The van der Waals surface area contributed by atoms with E-state index in [9.17, 15) is 9.59 Å². The molecule has 0 unspecified atom stereocenters. The second kappa shape index (κ2) is 5.51. The molecule has 1 amide bonds. The molecule has 0 aliphatic rings. The Morgan fingerprint density at radius 3 is 2.38 bits per heavy atom. The average Bonchev–Trinajstić information content (AvgIpc) is 2.19. The Morgan fingerprint density at radius 2 is 1.94 bits per heavy atom. The molecule has 0 aromatic heterocycles. The highest BCUT2D eigenvalue weighted by Gasteiger charge is 2.18. The lowest BCUT2D eigenvalue weighted by atomic mass is 10.1. The molecule has 0 bridgehead atoms. The molecule has 16 heavy (non-hydrogen) atoms. The first-order valence-electron chi connectivity index (χ1n) is 4.73. The molecule has 86 valence electrons. The second-order valence-electron chi connectivity index (χ2n) is 3.42. The van der Waals surface area contributed by atoms with E-state index in [2.05, 4.69) is 5.32 Å². The first kappa shape index (κ1) is 12.5. The number of carboxylic acid groups (broad SMARTS) is 1. The molecule has 0 saturated heterocycles. The van der Waals surface area contributed by atoms with Gasteiger partial charge in [0, 0.05) is 18.4 Å². The van der Waals surface area contributed by atoms with Crippen molar-refractivity contribution in [2.24, 2.45) is 0 Å². The van der Waals surface area contributed by atoms with E-state index in [4.69, 9.17) is 16.7 Å². The highest BCUT2D eigenvalue weighted by atomic mass is 35.5. The molecular weight excluding hydrogens is 230 g/mol. The maximum atomic E-state index is 10.9. The molecule has 0 radical (unpaired) electrons. The third-order valence-corrected chi connectivity index (χ3v) is 2.28. The van der Waals surface area contributed by atoms with Crippen molar-refractivity contribution in [3.8, 4) is 0 Å². The number of carboxylic acids is 1. The SMILES string of the molecule is CC(=O)N[C@H](Cc1ccc(Cl)cc1)C(=O)O. The number of carbonyl (C=O) groups is 2. The van der Waals surface area contributed by atoms with Gasteiger partial charge in [-0.3, -0.25) is 4.79 Å². The number of nitrogens with one attached hydrogen (secondary N) is 1. The van der Waals surface area contributed by atoms with Gasteiger partial charge in [-0.25, -0.2) is 4.79 Å². The van der Waals surface area contributed by atoms with Crippen LogP contribution in [-0.4, -0.2) is 23.0 Å². The van der Waals surface area contributed by atoms with E-state index in [1.807, 2.05) is 0 Å². The fourth-order valence-corrected chi connectivity index (χ4v) is 1.43. The van der Waals surface area contributed by atoms with Crippen molar-refractivity contribution in [1.29, 1.82) is 0 Å². The minimum atomic E-state index is -1.05. The van der Waals surface area contributed by atoms with Crippen molar-refractivity contribution in [3.63, 3.8) is 0 Å². The Kier molecular flexibility index (Phi) is 4.31. The highest BCUT2D eigenvalue weighted by molar-refractivity contribution is 6.30. The fraction of sp³-hybridized carbons (Fsp3) is 0.273. The Hall–Kier alpha value is -1.55. The van der Waals surface area contributed by atoms with Crippen molar-refractivity contribution in [3.05, 3.63) is 34.9 Å². The van der Waals surface area contributed by atoms with Crippen LogP contribution in [0, 0.1) is 0 Å². The van der Waals surface area contributed by atoms with Gasteiger partial charge in [0.15, 0.2) is 0 Å². The van der Waals surface area contributed by atoms with Gasteiger partial charge >= 0.3 is 5.97 Å². The molecule has 1 aromatic rings. The van der Waals surface area contributed by atoms with Crippen molar-refractivity contribution >= 4 is 23.5 Å². The predicted octanol–water partition coefficient (Wildman–Crippen LogP) is 1.47. The van der Waals surface area contributed by atoms with Crippen LogP contribution in [0.25, 0.3) is 0 Å². The summed E-state index contributed by atoms with van der Waals surface area (Å²) in [5, 5.41) is 11.9. The minimum Gasteiger partial charge on any atom is -0.480 e. The van der Waals surface area contributed by atoms with Gasteiger partial charge in [0.25, 0.3) is 0 Å². The molecular formula is C11H12ClNO3. The fourth-order valence-electron chi connectivity index (χ4n) is 1.30. The summed E-state index contributed by atoms with van der Waals surface area (Å²) in [5.41, 5.74) is 0.811. The van der Waals surface area contributed by atoms with Crippen LogP contribution in [0.2, 0.25) is 5.02 Å². The smallest absolute Gasteiger partial charge is 0.326 e. The van der Waals surface area contributed by atoms with Crippen LogP contribution in [0.3, 0.4) is 0 Å². The molecule has 4 nitrogen and oxygen atoms in total. The summed E-state index contributed by atoms with van der Waals surface area (Å²) in [6.45, 7) is 1.29. The number of carbonyl (C=O) groups excluding carboxylic acids is 1. The third kappa shape index (κ3) is 3.90. The number of hydrogen-bond donors (Lipinski definition) is 2. The molecule has 0 spiro atoms. The first-order chi connectivity index (χ1) is 7.49. The van der Waals surface area contributed by atoms with E-state index in [1.54, 1.807) is 24.3 Å². The quantitative estimate of drug-likeness (QED) is 0.839. The zero-order valence-electron chi connectivity index (χ0n) is 8.74. The van der Waals surface area contributed by atoms with Crippen molar-refractivity contribution in [2.75, 3.05) is 0 Å². The molecule has 0 aliphatic heterocycles. The number of benzene rings is 1. The summed E-state index contributed by atoms with van der Waals surface area (Å²) in [5.74, 6) is -1.41. The molecule has 2 N–H and O–H groups in total. The summed E-state index contributed by atoms with van der Waals surface area (Å²) in [6.07, 6.45) is 0.242. The van der Waals surface area contributed by atoms with E-state index in [-0.39, 0.29) is 12.3 Å². The largest absolute Gasteiger partial charge is 0.480 e. The van der Waals surface area contributed by atoms with Crippen LogP contribution in [-0.2, 0) is 16.0 Å². The lowest BCUT2D eigenvalue weighted by Gasteiger charge is -2.13. The maximum absolute atomic E-state index is 10.9. The second-order valence-corrected chi connectivity index (χ2v) is 3.86. The topological polar surface area (TPSA) is 66.4 Å². The summed E-state index contributed by atoms with van der Waals surface area (Å²) >= 11 is 5.71. The summed E-state index contributed by atoms with van der Waals surface area (Å²) in [7, 11) is 0. The lowest BCUT2D eigenvalue weighted by Crippen LogP contribution is -2.41.